The number of amides is 2. The molecule has 2 aromatic rings. The molecule has 0 aliphatic heterocycles. The average Bonchev–Trinajstić information content (AvgIpc) is 2.40. The number of nitrogens with one attached hydrogen (secondary N) is 1. The van der Waals surface area contributed by atoms with Crippen LogP contribution in [0.1, 0.15) is 0 Å². The molecule has 2 aromatic carbocycles. The van der Waals surface area contributed by atoms with Gasteiger partial charge in [-0.05, 0) is 0 Å². The van der Waals surface area contributed by atoms with Crippen LogP contribution in [0.3, 0.4) is 0 Å². The first kappa shape index (κ1) is 12.1. The van der Waals surface area contributed by atoms with E-state index in [1.807, 2.05) is 5.32 Å². The highest BCUT2D eigenvalue weighted by molar-refractivity contribution is 6.37. The first-order chi connectivity index (χ1) is 8.56. The lowest BCUT2D eigenvalue weighted by molar-refractivity contribution is 0.259. The zero-order chi connectivity index (χ0) is 13.3. The van der Waals surface area contributed by atoms with Crippen molar-refractivity contribution in [2.75, 3.05) is 5.32 Å². The predicted molar refractivity (Wildman–Crippen MR) is 67.1 cm³/mol. The van der Waals surface area contributed by atoms with E-state index in [4.69, 9.17) is 11.6 Å². The van der Waals surface area contributed by atoms with Crippen molar-refractivity contribution in [2.45, 2.75) is 0 Å². The quantitative estimate of drug-likeness (QED) is 0.419. The molecule has 3 N–H and O–H groups in total. The Labute approximate surface area is 106 Å². The van der Waals surface area contributed by atoms with Crippen molar-refractivity contribution >= 4 is 34.1 Å². The molecule has 0 spiro atoms. The molecule has 0 bridgehead atoms. The first-order valence-electron chi connectivity index (χ1n) is 4.82. The zero-order valence-electron chi connectivity index (χ0n) is 8.85. The number of phenols is 2. The van der Waals surface area contributed by atoms with Crippen LogP contribution >= 0.6 is 11.6 Å². The summed E-state index contributed by atoms with van der Waals surface area (Å²) >= 11 is 5.81. The van der Waals surface area contributed by atoms with Gasteiger partial charge < -0.3 is 10.2 Å². The maximum atomic E-state index is 10.9. The third-order valence-electron chi connectivity index (χ3n) is 2.42. The molecule has 0 aliphatic rings. The Balaban J connectivity index is 2.74. The summed E-state index contributed by atoms with van der Waals surface area (Å²) in [4.78, 5) is 20.9. The highest BCUT2D eigenvalue weighted by atomic mass is 35.5. The van der Waals surface area contributed by atoms with Crippen LogP contribution in [0.4, 0.5) is 10.5 Å². The summed E-state index contributed by atoms with van der Waals surface area (Å²) in [6.07, 6.45) is 0. The molecule has 0 atom stereocenters. The fourth-order valence-corrected chi connectivity index (χ4v) is 1.85. The lowest BCUT2D eigenvalue weighted by Crippen LogP contribution is -2.06. The van der Waals surface area contributed by atoms with E-state index in [-0.39, 0.29) is 22.2 Å². The summed E-state index contributed by atoms with van der Waals surface area (Å²) < 4.78 is 0. The molecule has 0 unspecified atom stereocenters. The van der Waals surface area contributed by atoms with Crippen LogP contribution in [0.5, 0.6) is 11.5 Å². The van der Waals surface area contributed by atoms with Crippen LogP contribution in [-0.4, -0.2) is 16.2 Å². The van der Waals surface area contributed by atoms with Gasteiger partial charge in [-0.3, -0.25) is 5.32 Å². The Bertz CT molecular complexity index is 657. The second-order valence-electron chi connectivity index (χ2n) is 3.45. The van der Waals surface area contributed by atoms with Crippen LogP contribution in [-0.2, 0) is 0 Å². The largest absolute Gasteiger partial charge is 0.506 e. The molecule has 2 amide bonds. The van der Waals surface area contributed by atoms with Gasteiger partial charge in [0, 0.05) is 15.9 Å². The third kappa shape index (κ3) is 1.82. The number of anilines is 1. The molecule has 0 fully saturated rings. The minimum absolute atomic E-state index is 0.252. The average molecular weight is 267 g/mol. The fourth-order valence-electron chi connectivity index (χ4n) is 1.62. The van der Waals surface area contributed by atoms with Gasteiger partial charge in [0.05, 0.1) is 0 Å². The molecule has 18 heavy (non-hydrogen) atoms. The van der Waals surface area contributed by atoms with Crippen LogP contribution in [0.15, 0.2) is 29.4 Å². The SMILES string of the molecule is O=NC(=O)Nc1c(Cl)c(O)c2ccccc2c1O. The van der Waals surface area contributed by atoms with Gasteiger partial charge in [-0.25, -0.2) is 4.79 Å². The van der Waals surface area contributed by atoms with Gasteiger partial charge in [0.1, 0.15) is 22.2 Å². The molecule has 0 aromatic heterocycles. The maximum absolute atomic E-state index is 10.9. The number of nitrogens with zero attached hydrogens (tertiary/aromatic N) is 1. The van der Waals surface area contributed by atoms with E-state index in [2.05, 4.69) is 5.18 Å². The van der Waals surface area contributed by atoms with Crippen LogP contribution in [0.2, 0.25) is 5.02 Å². The van der Waals surface area contributed by atoms with Gasteiger partial charge in [-0.15, -0.1) is 4.91 Å². The fraction of sp³-hybridized carbons (Fsp3) is 0. The van der Waals surface area contributed by atoms with Crippen molar-refractivity contribution in [2.24, 2.45) is 5.18 Å². The highest BCUT2D eigenvalue weighted by Gasteiger charge is 2.19. The molecule has 2 rings (SSSR count). The number of phenolic OH excluding ortho intramolecular Hbond substituents is 2. The molecule has 0 heterocycles. The number of rotatable bonds is 1. The van der Waals surface area contributed by atoms with Crippen molar-refractivity contribution in [3.63, 3.8) is 0 Å². The number of benzene rings is 2. The van der Waals surface area contributed by atoms with Gasteiger partial charge in [0.15, 0.2) is 0 Å². The van der Waals surface area contributed by atoms with Crippen molar-refractivity contribution in [3.8, 4) is 11.5 Å². The lowest BCUT2D eigenvalue weighted by atomic mass is 10.1. The molecule has 0 aliphatic carbocycles. The predicted octanol–water partition coefficient (Wildman–Crippen LogP) is 3.20. The smallest absolute Gasteiger partial charge is 0.383 e. The number of halogens is 1. The lowest BCUT2D eigenvalue weighted by Gasteiger charge is -2.12. The molecular formula is C11H7ClN2O4. The molecule has 7 heteroatoms. The van der Waals surface area contributed by atoms with Crippen LogP contribution in [0, 0.1) is 4.91 Å². The highest BCUT2D eigenvalue weighted by Crippen LogP contribution is 2.45. The van der Waals surface area contributed by atoms with Crippen molar-refractivity contribution in [1.29, 1.82) is 0 Å². The van der Waals surface area contributed by atoms with Gasteiger partial charge in [-0.2, -0.15) is 0 Å². The number of carbonyl (C=O) groups excluding carboxylic acids is 1. The summed E-state index contributed by atoms with van der Waals surface area (Å²) in [5.41, 5.74) is -0.252. The molecule has 92 valence electrons. The van der Waals surface area contributed by atoms with Gasteiger partial charge in [0.25, 0.3) is 0 Å². The number of nitroso groups, excluding NO2 is 1. The minimum Gasteiger partial charge on any atom is -0.506 e. The summed E-state index contributed by atoms with van der Waals surface area (Å²) in [5.74, 6) is -0.642. The summed E-state index contributed by atoms with van der Waals surface area (Å²) in [6, 6.07) is 5.16. The Morgan fingerprint density at radius 2 is 1.72 bits per heavy atom. The first-order valence-corrected chi connectivity index (χ1v) is 5.20. The van der Waals surface area contributed by atoms with Crippen molar-refractivity contribution in [3.05, 3.63) is 34.2 Å². The van der Waals surface area contributed by atoms with Gasteiger partial charge >= 0.3 is 6.03 Å². The summed E-state index contributed by atoms with van der Waals surface area (Å²) in [7, 11) is 0. The van der Waals surface area contributed by atoms with Crippen molar-refractivity contribution < 1.29 is 15.0 Å². The number of hydrogen-bond acceptors (Lipinski definition) is 4. The van der Waals surface area contributed by atoms with E-state index >= 15 is 0 Å². The van der Waals surface area contributed by atoms with E-state index in [1.54, 1.807) is 18.2 Å². The Morgan fingerprint density at radius 1 is 1.17 bits per heavy atom. The normalized spacial score (nSPS) is 10.3. The van der Waals surface area contributed by atoms with Crippen molar-refractivity contribution in [1.82, 2.24) is 0 Å². The van der Waals surface area contributed by atoms with Crippen LogP contribution in [0.25, 0.3) is 10.8 Å². The number of carbonyl (C=O) groups is 1. The molecule has 0 saturated heterocycles. The minimum atomic E-state index is -1.22. The van der Waals surface area contributed by atoms with Gasteiger partial charge in [-0.1, -0.05) is 35.9 Å². The molecule has 0 saturated carbocycles. The standard InChI is InChI=1S/C11H7ClN2O4/c12-7-8(13-11(17)14-18)10(16)6-4-2-1-3-5(6)9(7)15/h1-4,15-16H,(H,13,17). The molecule has 0 radical (unpaired) electrons. The Hall–Kier alpha value is -2.34. The molecular weight excluding hydrogens is 260 g/mol. The monoisotopic (exact) mass is 266 g/mol. The number of aromatic hydroxyl groups is 2. The second kappa shape index (κ2) is 4.50. The maximum Gasteiger partial charge on any atom is 0.383 e. The van der Waals surface area contributed by atoms with E-state index in [0.29, 0.717) is 10.8 Å². The zero-order valence-corrected chi connectivity index (χ0v) is 9.60. The number of hydrogen-bond donors (Lipinski definition) is 3. The molecule has 6 nitrogen and oxygen atoms in total. The third-order valence-corrected chi connectivity index (χ3v) is 2.78. The Kier molecular flexibility index (Phi) is 3.03. The summed E-state index contributed by atoms with van der Waals surface area (Å²) in [5, 5.41) is 24.3. The number of urea groups is 1. The number of fused-ring (bicyclic) bond motifs is 1. The van der Waals surface area contributed by atoms with E-state index in [0.717, 1.165) is 0 Å². The van der Waals surface area contributed by atoms with E-state index in [9.17, 15) is 19.9 Å². The van der Waals surface area contributed by atoms with E-state index < -0.39 is 6.03 Å². The summed E-state index contributed by atoms with van der Waals surface area (Å²) in [6.45, 7) is 0. The topological polar surface area (TPSA) is 99.0 Å². The van der Waals surface area contributed by atoms with Gasteiger partial charge in [0.2, 0.25) is 0 Å². The second-order valence-corrected chi connectivity index (χ2v) is 3.83. The van der Waals surface area contributed by atoms with E-state index in [1.165, 1.54) is 6.07 Å². The Morgan fingerprint density at radius 3 is 2.28 bits per heavy atom. The van der Waals surface area contributed by atoms with Crippen LogP contribution < -0.4 is 5.32 Å².